The fourth-order valence-corrected chi connectivity index (χ4v) is 3.55. The Morgan fingerprint density at radius 1 is 1.24 bits per heavy atom. The number of aliphatic hydroxyl groups is 1. The molecule has 2 fully saturated rings. The highest BCUT2D eigenvalue weighted by atomic mass is 19.1. The van der Waals surface area contributed by atoms with Crippen LogP contribution < -0.4 is 5.32 Å². The first kappa shape index (κ1) is 17.9. The second-order valence-electron chi connectivity index (χ2n) is 7.56. The van der Waals surface area contributed by atoms with Crippen molar-refractivity contribution in [2.24, 2.45) is 5.41 Å². The van der Waals surface area contributed by atoms with Crippen molar-refractivity contribution in [3.8, 4) is 0 Å². The number of nitrogens with zero attached hydrogens (tertiary/aromatic N) is 1. The van der Waals surface area contributed by atoms with E-state index in [1.807, 2.05) is 0 Å². The quantitative estimate of drug-likeness (QED) is 0.850. The zero-order chi connectivity index (χ0) is 18.1. The molecular weight excluding hydrogens is 323 g/mol. The molecule has 1 saturated carbocycles. The molecule has 1 heterocycles. The predicted octanol–water partition coefficient (Wildman–Crippen LogP) is 1.64. The lowest BCUT2D eigenvalue weighted by atomic mass is 9.91. The number of hydrogen-bond donors (Lipinski definition) is 2. The number of carbonyl (C=O) groups excluding carboxylic acids is 2. The highest BCUT2D eigenvalue weighted by Crippen LogP contribution is 2.47. The third-order valence-electron chi connectivity index (χ3n) is 5.41. The maximum Gasteiger partial charge on any atom is 0.253 e. The minimum absolute atomic E-state index is 0.00121. The number of benzene rings is 1. The van der Waals surface area contributed by atoms with Gasteiger partial charge in [0, 0.05) is 20.0 Å². The number of piperidine rings is 1. The standard InChI is InChI=1S/C19H25FN2O3/c1-14(23)22-10-2-7-19(25,13-22)17(24)21-12-18(8-9-18)11-15-3-5-16(20)6-4-15/h3-6,25H,2,7-13H2,1H3,(H,21,24)/t19-/m0/s1. The lowest BCUT2D eigenvalue weighted by molar-refractivity contribution is -0.150. The number of likely N-dealkylation sites (tertiary alicyclic amines) is 1. The summed E-state index contributed by atoms with van der Waals surface area (Å²) in [7, 11) is 0. The fourth-order valence-electron chi connectivity index (χ4n) is 3.55. The summed E-state index contributed by atoms with van der Waals surface area (Å²) in [5, 5.41) is 13.5. The topological polar surface area (TPSA) is 69.6 Å². The molecular formula is C19H25FN2O3. The maximum absolute atomic E-state index is 13.0. The Bertz CT molecular complexity index is 657. The van der Waals surface area contributed by atoms with Crippen LogP contribution in [0.25, 0.3) is 0 Å². The summed E-state index contributed by atoms with van der Waals surface area (Å²) in [6.07, 6.45) is 3.77. The average molecular weight is 348 g/mol. The third-order valence-corrected chi connectivity index (χ3v) is 5.41. The van der Waals surface area contributed by atoms with Gasteiger partial charge in [-0.15, -0.1) is 0 Å². The van der Waals surface area contributed by atoms with E-state index < -0.39 is 11.5 Å². The monoisotopic (exact) mass is 348 g/mol. The van der Waals surface area contributed by atoms with E-state index in [1.54, 1.807) is 12.1 Å². The minimum atomic E-state index is -1.50. The van der Waals surface area contributed by atoms with Crippen LogP contribution in [-0.4, -0.2) is 47.1 Å². The molecule has 0 aromatic heterocycles. The summed E-state index contributed by atoms with van der Waals surface area (Å²) >= 11 is 0. The van der Waals surface area contributed by atoms with Crippen LogP contribution in [0.4, 0.5) is 4.39 Å². The fraction of sp³-hybridized carbons (Fsp3) is 0.579. The van der Waals surface area contributed by atoms with E-state index >= 15 is 0 Å². The predicted molar refractivity (Wildman–Crippen MR) is 91.2 cm³/mol. The van der Waals surface area contributed by atoms with Gasteiger partial charge in [0.1, 0.15) is 5.82 Å². The molecule has 1 aromatic carbocycles. The lowest BCUT2D eigenvalue weighted by Crippen LogP contribution is -2.58. The van der Waals surface area contributed by atoms with Crippen molar-refractivity contribution >= 4 is 11.8 Å². The van der Waals surface area contributed by atoms with Crippen LogP contribution in [0.15, 0.2) is 24.3 Å². The Morgan fingerprint density at radius 3 is 2.52 bits per heavy atom. The van der Waals surface area contributed by atoms with Crippen molar-refractivity contribution in [3.05, 3.63) is 35.6 Å². The van der Waals surface area contributed by atoms with Crippen LogP contribution in [0.3, 0.4) is 0 Å². The molecule has 1 aromatic rings. The van der Waals surface area contributed by atoms with Gasteiger partial charge < -0.3 is 15.3 Å². The molecule has 3 rings (SSSR count). The van der Waals surface area contributed by atoms with Crippen molar-refractivity contribution in [2.45, 2.75) is 44.6 Å². The number of rotatable bonds is 5. The number of halogens is 1. The summed E-state index contributed by atoms with van der Waals surface area (Å²) in [4.78, 5) is 25.6. The zero-order valence-corrected chi connectivity index (χ0v) is 14.6. The average Bonchev–Trinajstić information content (AvgIpc) is 3.35. The van der Waals surface area contributed by atoms with Crippen LogP contribution in [0, 0.1) is 11.2 Å². The van der Waals surface area contributed by atoms with Crippen LogP contribution >= 0.6 is 0 Å². The molecule has 1 aliphatic heterocycles. The number of nitrogens with one attached hydrogen (secondary N) is 1. The summed E-state index contributed by atoms with van der Waals surface area (Å²) in [6.45, 7) is 2.58. The first-order valence-corrected chi connectivity index (χ1v) is 8.83. The smallest absolute Gasteiger partial charge is 0.253 e. The van der Waals surface area contributed by atoms with Gasteiger partial charge in [0.15, 0.2) is 5.60 Å². The van der Waals surface area contributed by atoms with Gasteiger partial charge in [0.05, 0.1) is 6.54 Å². The SMILES string of the molecule is CC(=O)N1CCC[C@@](O)(C(=O)NCC2(Cc3ccc(F)cc3)CC2)C1. The van der Waals surface area contributed by atoms with Gasteiger partial charge in [-0.3, -0.25) is 9.59 Å². The van der Waals surface area contributed by atoms with Crippen molar-refractivity contribution < 1.29 is 19.1 Å². The first-order chi connectivity index (χ1) is 11.8. The summed E-state index contributed by atoms with van der Waals surface area (Å²) in [5.41, 5.74) is -0.457. The van der Waals surface area contributed by atoms with Crippen molar-refractivity contribution in [3.63, 3.8) is 0 Å². The van der Waals surface area contributed by atoms with Gasteiger partial charge >= 0.3 is 0 Å². The Labute approximate surface area is 147 Å². The lowest BCUT2D eigenvalue weighted by Gasteiger charge is -2.37. The van der Waals surface area contributed by atoms with Gasteiger partial charge in [0.25, 0.3) is 5.91 Å². The molecule has 0 unspecified atom stereocenters. The first-order valence-electron chi connectivity index (χ1n) is 8.83. The van der Waals surface area contributed by atoms with Gasteiger partial charge in [-0.1, -0.05) is 12.1 Å². The van der Waals surface area contributed by atoms with E-state index in [1.165, 1.54) is 24.0 Å². The van der Waals surface area contributed by atoms with Crippen LogP contribution in [0.2, 0.25) is 0 Å². The molecule has 0 bridgehead atoms. The highest BCUT2D eigenvalue weighted by molar-refractivity contribution is 5.86. The van der Waals surface area contributed by atoms with Gasteiger partial charge in [-0.25, -0.2) is 4.39 Å². The molecule has 136 valence electrons. The van der Waals surface area contributed by atoms with E-state index in [-0.39, 0.29) is 23.7 Å². The van der Waals surface area contributed by atoms with E-state index in [0.717, 1.165) is 24.8 Å². The molecule has 5 nitrogen and oxygen atoms in total. The molecule has 1 aliphatic carbocycles. The second kappa shape index (κ2) is 6.75. The number of amides is 2. The summed E-state index contributed by atoms with van der Waals surface area (Å²) in [6, 6.07) is 6.45. The Kier molecular flexibility index (Phi) is 4.82. The van der Waals surface area contributed by atoms with E-state index in [4.69, 9.17) is 0 Å². The van der Waals surface area contributed by atoms with Crippen molar-refractivity contribution in [1.29, 1.82) is 0 Å². The largest absolute Gasteiger partial charge is 0.378 e. The molecule has 0 spiro atoms. The minimum Gasteiger partial charge on any atom is -0.378 e. The van der Waals surface area contributed by atoms with E-state index in [0.29, 0.717) is 25.9 Å². The molecule has 1 atom stereocenters. The third kappa shape index (κ3) is 4.18. The van der Waals surface area contributed by atoms with E-state index in [2.05, 4.69) is 5.32 Å². The Hall–Kier alpha value is -1.95. The van der Waals surface area contributed by atoms with Crippen molar-refractivity contribution in [1.82, 2.24) is 10.2 Å². The molecule has 2 aliphatic rings. The van der Waals surface area contributed by atoms with Crippen LogP contribution in [-0.2, 0) is 16.0 Å². The Balaban J connectivity index is 1.56. The molecule has 0 radical (unpaired) electrons. The zero-order valence-electron chi connectivity index (χ0n) is 14.6. The summed E-state index contributed by atoms with van der Waals surface area (Å²) < 4.78 is 13.0. The second-order valence-corrected chi connectivity index (χ2v) is 7.56. The molecule has 2 N–H and O–H groups in total. The van der Waals surface area contributed by atoms with Crippen LogP contribution in [0.1, 0.15) is 38.2 Å². The van der Waals surface area contributed by atoms with Gasteiger partial charge in [-0.2, -0.15) is 0 Å². The van der Waals surface area contributed by atoms with Crippen LogP contribution in [0.5, 0.6) is 0 Å². The van der Waals surface area contributed by atoms with Gasteiger partial charge in [-0.05, 0) is 55.2 Å². The molecule has 6 heteroatoms. The normalized spacial score (nSPS) is 24.7. The molecule has 1 saturated heterocycles. The highest BCUT2D eigenvalue weighted by Gasteiger charge is 2.45. The molecule has 25 heavy (non-hydrogen) atoms. The summed E-state index contributed by atoms with van der Waals surface area (Å²) in [5.74, 6) is -0.777. The van der Waals surface area contributed by atoms with E-state index in [9.17, 15) is 19.1 Å². The number of β-amino-alcohol motifs (C(OH)–C–C–N with tert-alkyl or cyclic N) is 1. The number of hydrogen-bond acceptors (Lipinski definition) is 3. The maximum atomic E-state index is 13.0. The Morgan fingerprint density at radius 2 is 1.92 bits per heavy atom. The number of carbonyl (C=O) groups is 2. The van der Waals surface area contributed by atoms with Crippen molar-refractivity contribution in [2.75, 3.05) is 19.6 Å². The van der Waals surface area contributed by atoms with Gasteiger partial charge in [0.2, 0.25) is 5.91 Å². The molecule has 2 amide bonds.